The van der Waals surface area contributed by atoms with Crippen LogP contribution in [0.15, 0.2) is 24.3 Å². The van der Waals surface area contributed by atoms with Crippen molar-refractivity contribution < 1.29 is 0 Å². The van der Waals surface area contributed by atoms with Gasteiger partial charge < -0.3 is 5.73 Å². The van der Waals surface area contributed by atoms with Gasteiger partial charge in [-0.15, -0.1) is 0 Å². The number of hydrogen-bond donors (Lipinski definition) is 2. The van der Waals surface area contributed by atoms with Crippen molar-refractivity contribution in [2.24, 2.45) is 0 Å². The maximum Gasteiger partial charge on any atom is 0.149 e. The molecule has 16 heavy (non-hydrogen) atoms. The zero-order valence-corrected chi connectivity index (χ0v) is 11.4. The fourth-order valence-corrected chi connectivity index (χ4v) is 2.36. The van der Waals surface area contributed by atoms with Gasteiger partial charge in [-0.3, -0.25) is 5.10 Å². The molecule has 0 aliphatic heterocycles. The molecule has 1 aromatic heterocycles. The van der Waals surface area contributed by atoms with Crippen molar-refractivity contribution in [2.45, 2.75) is 19.8 Å². The van der Waals surface area contributed by atoms with Crippen molar-refractivity contribution in [1.82, 2.24) is 10.2 Å². The van der Waals surface area contributed by atoms with E-state index in [2.05, 4.69) is 64.8 Å². The molecule has 1 aromatic carbocycles. The molecule has 0 saturated carbocycles. The highest BCUT2D eigenvalue weighted by molar-refractivity contribution is 14.1. The lowest BCUT2D eigenvalue weighted by atomic mass is 9.99. The molecule has 0 radical (unpaired) electrons. The quantitative estimate of drug-likeness (QED) is 0.831. The molecule has 0 fully saturated rings. The number of aromatic amines is 1. The van der Waals surface area contributed by atoms with Crippen LogP contribution in [0.3, 0.4) is 0 Å². The summed E-state index contributed by atoms with van der Waals surface area (Å²) in [6.07, 6.45) is 0. The smallest absolute Gasteiger partial charge is 0.149 e. The van der Waals surface area contributed by atoms with Crippen molar-refractivity contribution in [2.75, 3.05) is 5.73 Å². The maximum absolute atomic E-state index is 5.87. The Labute approximate surface area is 109 Å². The first-order valence-electron chi connectivity index (χ1n) is 5.19. The van der Waals surface area contributed by atoms with Crippen molar-refractivity contribution in [1.29, 1.82) is 0 Å². The Hall–Kier alpha value is -1.04. The SMILES string of the molecule is CC(C)c1c(N)n[nH]c1-c1cccc(I)c1. The molecule has 0 amide bonds. The van der Waals surface area contributed by atoms with Crippen molar-refractivity contribution >= 4 is 28.4 Å². The molecule has 0 aliphatic rings. The standard InChI is InChI=1S/C12H14IN3/c1-7(2)10-11(15-16-12(10)14)8-4-3-5-9(13)6-8/h3-7H,1-2H3,(H3,14,15,16). The van der Waals surface area contributed by atoms with E-state index in [1.54, 1.807) is 0 Å². The number of nitrogen functional groups attached to an aromatic ring is 1. The van der Waals surface area contributed by atoms with Gasteiger partial charge in [0.15, 0.2) is 0 Å². The lowest BCUT2D eigenvalue weighted by Crippen LogP contribution is -1.95. The van der Waals surface area contributed by atoms with E-state index in [1.807, 2.05) is 6.07 Å². The second-order valence-corrected chi connectivity index (χ2v) is 5.31. The lowest BCUT2D eigenvalue weighted by Gasteiger charge is -2.07. The number of rotatable bonds is 2. The molecule has 4 heteroatoms. The van der Waals surface area contributed by atoms with E-state index in [0.29, 0.717) is 11.7 Å². The summed E-state index contributed by atoms with van der Waals surface area (Å²) in [6.45, 7) is 4.25. The van der Waals surface area contributed by atoms with Crippen molar-refractivity contribution in [3.05, 3.63) is 33.4 Å². The molecule has 84 valence electrons. The molecular weight excluding hydrogens is 313 g/mol. The monoisotopic (exact) mass is 327 g/mol. The molecule has 0 unspecified atom stereocenters. The number of aromatic nitrogens is 2. The molecule has 0 saturated heterocycles. The number of nitrogens with zero attached hydrogens (tertiary/aromatic N) is 1. The van der Waals surface area contributed by atoms with Gasteiger partial charge in [0.25, 0.3) is 0 Å². The summed E-state index contributed by atoms with van der Waals surface area (Å²) in [7, 11) is 0. The first-order chi connectivity index (χ1) is 7.59. The van der Waals surface area contributed by atoms with Crippen molar-refractivity contribution in [3.8, 4) is 11.3 Å². The molecule has 0 bridgehead atoms. The van der Waals surface area contributed by atoms with Crippen LogP contribution in [-0.2, 0) is 0 Å². The van der Waals surface area contributed by atoms with Gasteiger partial charge in [0.2, 0.25) is 0 Å². The molecule has 0 atom stereocenters. The largest absolute Gasteiger partial charge is 0.382 e. The molecular formula is C12H14IN3. The van der Waals surface area contributed by atoms with Crippen molar-refractivity contribution in [3.63, 3.8) is 0 Å². The summed E-state index contributed by atoms with van der Waals surface area (Å²) in [5.74, 6) is 0.968. The van der Waals surface area contributed by atoms with Crippen LogP contribution in [-0.4, -0.2) is 10.2 Å². The Morgan fingerprint density at radius 1 is 1.38 bits per heavy atom. The lowest BCUT2D eigenvalue weighted by molar-refractivity contribution is 0.873. The van der Waals surface area contributed by atoms with E-state index in [0.717, 1.165) is 16.8 Å². The van der Waals surface area contributed by atoms with E-state index in [-0.39, 0.29) is 0 Å². The Kier molecular flexibility index (Phi) is 3.18. The third-order valence-electron chi connectivity index (χ3n) is 2.52. The third-order valence-corrected chi connectivity index (χ3v) is 3.20. The van der Waals surface area contributed by atoms with Crippen LogP contribution in [0.5, 0.6) is 0 Å². The topological polar surface area (TPSA) is 54.7 Å². The van der Waals surface area contributed by atoms with Crippen LogP contribution in [0.1, 0.15) is 25.3 Å². The predicted octanol–water partition coefficient (Wildman–Crippen LogP) is 3.39. The van der Waals surface area contributed by atoms with E-state index < -0.39 is 0 Å². The van der Waals surface area contributed by atoms with Crippen LogP contribution in [0.4, 0.5) is 5.82 Å². The summed E-state index contributed by atoms with van der Waals surface area (Å²) in [5, 5.41) is 7.11. The van der Waals surface area contributed by atoms with Gasteiger partial charge in [-0.25, -0.2) is 0 Å². The fourth-order valence-electron chi connectivity index (χ4n) is 1.81. The van der Waals surface area contributed by atoms with Gasteiger partial charge in [-0.2, -0.15) is 5.10 Å². The summed E-state index contributed by atoms with van der Waals surface area (Å²) in [4.78, 5) is 0. The molecule has 2 rings (SSSR count). The third kappa shape index (κ3) is 2.07. The zero-order chi connectivity index (χ0) is 11.7. The van der Waals surface area contributed by atoms with E-state index in [9.17, 15) is 0 Å². The Morgan fingerprint density at radius 2 is 2.12 bits per heavy atom. The van der Waals surface area contributed by atoms with Crippen LogP contribution in [0.2, 0.25) is 0 Å². The van der Waals surface area contributed by atoms with Gasteiger partial charge >= 0.3 is 0 Å². The van der Waals surface area contributed by atoms with Gasteiger partial charge in [0.05, 0.1) is 5.69 Å². The number of benzene rings is 1. The summed E-state index contributed by atoms with van der Waals surface area (Å²) < 4.78 is 1.21. The second kappa shape index (κ2) is 4.45. The molecule has 2 aromatic rings. The highest BCUT2D eigenvalue weighted by Gasteiger charge is 2.15. The van der Waals surface area contributed by atoms with Gasteiger partial charge in [0.1, 0.15) is 5.82 Å². The van der Waals surface area contributed by atoms with E-state index in [4.69, 9.17) is 5.73 Å². The molecule has 3 nitrogen and oxygen atoms in total. The number of nitrogens with one attached hydrogen (secondary N) is 1. The van der Waals surface area contributed by atoms with E-state index >= 15 is 0 Å². The van der Waals surface area contributed by atoms with Crippen LogP contribution in [0, 0.1) is 3.57 Å². The second-order valence-electron chi connectivity index (χ2n) is 4.06. The van der Waals surface area contributed by atoms with Crippen LogP contribution < -0.4 is 5.73 Å². The number of H-pyrrole nitrogens is 1. The van der Waals surface area contributed by atoms with Crippen LogP contribution in [0.25, 0.3) is 11.3 Å². The Morgan fingerprint density at radius 3 is 2.75 bits per heavy atom. The average molecular weight is 327 g/mol. The zero-order valence-electron chi connectivity index (χ0n) is 9.29. The van der Waals surface area contributed by atoms with E-state index in [1.165, 1.54) is 3.57 Å². The van der Waals surface area contributed by atoms with Gasteiger partial charge in [-0.05, 0) is 40.6 Å². The minimum absolute atomic E-state index is 0.367. The maximum atomic E-state index is 5.87. The number of nitrogens with two attached hydrogens (primary N) is 1. The summed E-state index contributed by atoms with van der Waals surface area (Å²) in [5.41, 5.74) is 9.14. The normalized spacial score (nSPS) is 11.0. The van der Waals surface area contributed by atoms with Gasteiger partial charge in [0, 0.05) is 14.7 Å². The highest BCUT2D eigenvalue weighted by Crippen LogP contribution is 2.31. The molecule has 0 aliphatic carbocycles. The Balaban J connectivity index is 2.56. The average Bonchev–Trinajstić information content (AvgIpc) is 2.60. The Bertz CT molecular complexity index is 503. The van der Waals surface area contributed by atoms with Crippen LogP contribution >= 0.6 is 22.6 Å². The minimum Gasteiger partial charge on any atom is -0.382 e. The molecule has 1 heterocycles. The minimum atomic E-state index is 0.367. The van der Waals surface area contributed by atoms with Gasteiger partial charge in [-0.1, -0.05) is 26.0 Å². The fraction of sp³-hybridized carbons (Fsp3) is 0.250. The first kappa shape index (κ1) is 11.4. The summed E-state index contributed by atoms with van der Waals surface area (Å²) in [6, 6.07) is 8.30. The first-order valence-corrected chi connectivity index (χ1v) is 6.27. The highest BCUT2D eigenvalue weighted by atomic mass is 127. The number of anilines is 1. The summed E-state index contributed by atoms with van der Waals surface area (Å²) >= 11 is 2.30. The number of hydrogen-bond acceptors (Lipinski definition) is 2. The molecule has 0 spiro atoms. The molecule has 3 N–H and O–H groups in total. The number of halogens is 1. The predicted molar refractivity (Wildman–Crippen MR) is 75.2 cm³/mol.